The second-order valence-electron chi connectivity index (χ2n) is 5.19. The van der Waals surface area contributed by atoms with E-state index in [4.69, 9.17) is 0 Å². The quantitative estimate of drug-likeness (QED) is 0.419. The van der Waals surface area contributed by atoms with Gasteiger partial charge in [0.2, 0.25) is 0 Å². The molecule has 0 aliphatic heterocycles. The number of hydrogen-bond donors (Lipinski definition) is 2. The summed E-state index contributed by atoms with van der Waals surface area (Å²) in [6.45, 7) is 3.83. The van der Waals surface area contributed by atoms with Crippen LogP contribution in [0.25, 0.3) is 0 Å². The lowest BCUT2D eigenvalue weighted by molar-refractivity contribution is 0.681. The Balaban J connectivity index is 0.00000264. The number of nitrogens with zero attached hydrogens (tertiary/aromatic N) is 1. The number of halogens is 1. The molecule has 2 N–H and O–H groups in total. The minimum absolute atomic E-state index is 0. The zero-order valence-corrected chi connectivity index (χ0v) is 16.2. The third kappa shape index (κ3) is 6.22. The van der Waals surface area contributed by atoms with E-state index in [2.05, 4.69) is 83.2 Å². The largest absolute Gasteiger partial charge is 0.357 e. The van der Waals surface area contributed by atoms with E-state index < -0.39 is 0 Å². The predicted octanol–water partition coefficient (Wildman–Crippen LogP) is 4.01. The summed E-state index contributed by atoms with van der Waals surface area (Å²) in [4.78, 5) is 4.21. The van der Waals surface area contributed by atoms with Crippen LogP contribution >= 0.6 is 24.0 Å². The maximum Gasteiger partial charge on any atom is 0.190 e. The van der Waals surface area contributed by atoms with Gasteiger partial charge in [0, 0.05) is 26.1 Å². The molecule has 2 aromatic carbocycles. The molecule has 0 bridgehead atoms. The monoisotopic (exact) mass is 423 g/mol. The molecule has 0 radical (unpaired) electrons. The molecule has 23 heavy (non-hydrogen) atoms. The Morgan fingerprint density at radius 3 is 1.87 bits per heavy atom. The van der Waals surface area contributed by atoms with E-state index in [1.807, 2.05) is 0 Å². The minimum Gasteiger partial charge on any atom is -0.357 e. The molecular formula is C19H26IN3. The smallest absolute Gasteiger partial charge is 0.190 e. The van der Waals surface area contributed by atoms with E-state index in [0.717, 1.165) is 25.5 Å². The molecule has 0 unspecified atom stereocenters. The highest BCUT2D eigenvalue weighted by Crippen LogP contribution is 2.27. The Hall–Kier alpha value is -1.56. The molecule has 4 heteroatoms. The molecule has 0 aliphatic carbocycles. The van der Waals surface area contributed by atoms with Crippen molar-refractivity contribution >= 4 is 29.9 Å². The van der Waals surface area contributed by atoms with Crippen LogP contribution in [0.15, 0.2) is 65.7 Å². The van der Waals surface area contributed by atoms with Gasteiger partial charge in [-0.15, -0.1) is 24.0 Å². The fraction of sp³-hybridized carbons (Fsp3) is 0.316. The Bertz CT molecular complexity index is 530. The molecule has 124 valence electrons. The van der Waals surface area contributed by atoms with Crippen LogP contribution in [0.5, 0.6) is 0 Å². The van der Waals surface area contributed by atoms with Crippen LogP contribution in [0.2, 0.25) is 0 Å². The van der Waals surface area contributed by atoms with Crippen LogP contribution in [0.1, 0.15) is 30.4 Å². The van der Waals surface area contributed by atoms with Gasteiger partial charge in [-0.25, -0.2) is 0 Å². The maximum absolute atomic E-state index is 4.21. The highest BCUT2D eigenvalue weighted by molar-refractivity contribution is 14.0. The highest BCUT2D eigenvalue weighted by atomic mass is 127. The van der Waals surface area contributed by atoms with Gasteiger partial charge in [0.05, 0.1) is 0 Å². The van der Waals surface area contributed by atoms with Gasteiger partial charge in [-0.2, -0.15) is 0 Å². The van der Waals surface area contributed by atoms with Crippen molar-refractivity contribution in [2.45, 2.75) is 19.3 Å². The summed E-state index contributed by atoms with van der Waals surface area (Å²) >= 11 is 0. The average molecular weight is 423 g/mol. The molecule has 2 aromatic rings. The third-order valence-corrected chi connectivity index (χ3v) is 3.70. The first-order chi connectivity index (χ1) is 10.8. The van der Waals surface area contributed by atoms with Gasteiger partial charge >= 0.3 is 0 Å². The lowest BCUT2D eigenvalue weighted by atomic mass is 9.88. The van der Waals surface area contributed by atoms with Crippen LogP contribution in [0, 0.1) is 0 Å². The van der Waals surface area contributed by atoms with Gasteiger partial charge in [-0.3, -0.25) is 4.99 Å². The van der Waals surface area contributed by atoms with Crippen LogP contribution in [-0.4, -0.2) is 26.1 Å². The first kappa shape index (κ1) is 19.5. The maximum atomic E-state index is 4.21. The average Bonchev–Trinajstić information content (AvgIpc) is 2.59. The molecule has 0 fully saturated rings. The molecule has 0 heterocycles. The van der Waals surface area contributed by atoms with Crippen molar-refractivity contribution in [3.8, 4) is 0 Å². The van der Waals surface area contributed by atoms with Crippen molar-refractivity contribution < 1.29 is 0 Å². The minimum atomic E-state index is 0. The van der Waals surface area contributed by atoms with Crippen LogP contribution in [0.3, 0.4) is 0 Å². The SMILES string of the molecule is CCNC(=NC)NCCC(c1ccccc1)c1ccccc1.I. The van der Waals surface area contributed by atoms with E-state index in [9.17, 15) is 0 Å². The zero-order valence-electron chi connectivity index (χ0n) is 13.8. The second-order valence-corrected chi connectivity index (χ2v) is 5.19. The summed E-state index contributed by atoms with van der Waals surface area (Å²) in [6, 6.07) is 21.4. The van der Waals surface area contributed by atoms with E-state index >= 15 is 0 Å². The van der Waals surface area contributed by atoms with Crippen LogP contribution < -0.4 is 10.6 Å². The van der Waals surface area contributed by atoms with E-state index in [1.165, 1.54) is 11.1 Å². The topological polar surface area (TPSA) is 36.4 Å². The number of nitrogens with one attached hydrogen (secondary N) is 2. The van der Waals surface area contributed by atoms with Gasteiger partial charge in [-0.1, -0.05) is 60.7 Å². The molecule has 0 saturated carbocycles. The zero-order chi connectivity index (χ0) is 15.6. The summed E-state index contributed by atoms with van der Waals surface area (Å²) in [5, 5.41) is 6.60. The third-order valence-electron chi connectivity index (χ3n) is 3.70. The Labute approximate surface area is 156 Å². The summed E-state index contributed by atoms with van der Waals surface area (Å²) in [5.74, 6) is 1.26. The van der Waals surface area contributed by atoms with Gasteiger partial charge in [0.25, 0.3) is 0 Å². The number of benzene rings is 2. The molecule has 3 nitrogen and oxygen atoms in total. The van der Waals surface area contributed by atoms with Crippen molar-refractivity contribution in [1.82, 2.24) is 10.6 Å². The Morgan fingerprint density at radius 1 is 0.913 bits per heavy atom. The highest BCUT2D eigenvalue weighted by Gasteiger charge is 2.13. The first-order valence-corrected chi connectivity index (χ1v) is 7.89. The molecule has 0 spiro atoms. The second kappa shape index (κ2) is 11.0. The number of guanidine groups is 1. The predicted molar refractivity (Wildman–Crippen MR) is 110 cm³/mol. The summed E-state index contributed by atoms with van der Waals surface area (Å²) < 4.78 is 0. The van der Waals surface area contributed by atoms with Gasteiger partial charge in [-0.05, 0) is 24.5 Å². The van der Waals surface area contributed by atoms with Gasteiger partial charge < -0.3 is 10.6 Å². The molecule has 2 rings (SSSR count). The van der Waals surface area contributed by atoms with Crippen molar-refractivity contribution in [2.75, 3.05) is 20.1 Å². The number of rotatable bonds is 6. The molecule has 0 atom stereocenters. The van der Waals surface area contributed by atoms with Crippen molar-refractivity contribution in [3.63, 3.8) is 0 Å². The fourth-order valence-electron chi connectivity index (χ4n) is 2.62. The van der Waals surface area contributed by atoms with Crippen molar-refractivity contribution in [3.05, 3.63) is 71.8 Å². The van der Waals surface area contributed by atoms with E-state index in [-0.39, 0.29) is 24.0 Å². The van der Waals surface area contributed by atoms with Gasteiger partial charge in [0.1, 0.15) is 0 Å². The molecule has 0 amide bonds. The molecular weight excluding hydrogens is 397 g/mol. The molecule has 0 aliphatic rings. The summed E-state index contributed by atoms with van der Waals surface area (Å²) in [6.07, 6.45) is 1.03. The van der Waals surface area contributed by atoms with E-state index in [1.54, 1.807) is 7.05 Å². The van der Waals surface area contributed by atoms with E-state index in [0.29, 0.717) is 5.92 Å². The Morgan fingerprint density at radius 2 is 1.43 bits per heavy atom. The summed E-state index contributed by atoms with van der Waals surface area (Å²) in [7, 11) is 1.80. The van der Waals surface area contributed by atoms with Crippen molar-refractivity contribution in [1.29, 1.82) is 0 Å². The molecule has 0 saturated heterocycles. The fourth-order valence-corrected chi connectivity index (χ4v) is 2.62. The number of aliphatic imine (C=N–C) groups is 1. The first-order valence-electron chi connectivity index (χ1n) is 7.89. The summed E-state index contributed by atoms with van der Waals surface area (Å²) in [5.41, 5.74) is 2.71. The van der Waals surface area contributed by atoms with Crippen molar-refractivity contribution in [2.24, 2.45) is 4.99 Å². The Kier molecular flexibility index (Phi) is 9.36. The normalized spacial score (nSPS) is 11.0. The van der Waals surface area contributed by atoms with Gasteiger partial charge in [0.15, 0.2) is 5.96 Å². The lowest BCUT2D eigenvalue weighted by Crippen LogP contribution is -2.37. The lowest BCUT2D eigenvalue weighted by Gasteiger charge is -2.19. The van der Waals surface area contributed by atoms with Crippen LogP contribution in [-0.2, 0) is 0 Å². The van der Waals surface area contributed by atoms with Crippen LogP contribution in [0.4, 0.5) is 0 Å². The molecule has 0 aromatic heterocycles. The number of hydrogen-bond acceptors (Lipinski definition) is 1. The standard InChI is InChI=1S/C19H25N3.HI/c1-3-21-19(20-2)22-15-14-18(16-10-6-4-7-11-16)17-12-8-5-9-13-17;/h4-13,18H,3,14-15H2,1-2H3,(H2,20,21,22);1H.